The minimum atomic E-state index is -0.271. The molecule has 27 heavy (non-hydrogen) atoms. The lowest BCUT2D eigenvalue weighted by Gasteiger charge is -2.25. The summed E-state index contributed by atoms with van der Waals surface area (Å²) in [5.41, 5.74) is 5.43. The van der Waals surface area contributed by atoms with Gasteiger partial charge in [-0.2, -0.15) is 0 Å². The van der Waals surface area contributed by atoms with Gasteiger partial charge in [-0.05, 0) is 55.0 Å². The first kappa shape index (κ1) is 19.3. The second kappa shape index (κ2) is 8.51. The zero-order valence-corrected chi connectivity index (χ0v) is 17.2. The molecule has 0 fully saturated rings. The van der Waals surface area contributed by atoms with Gasteiger partial charge in [0.1, 0.15) is 6.54 Å². The van der Waals surface area contributed by atoms with Crippen LogP contribution in [0.5, 0.6) is 0 Å². The minimum absolute atomic E-state index is 0.0293. The average Bonchev–Trinajstić information content (AvgIpc) is 3.04. The number of quaternary nitrogens is 1. The van der Waals surface area contributed by atoms with Gasteiger partial charge in [0.05, 0.1) is 11.9 Å². The van der Waals surface area contributed by atoms with Gasteiger partial charge in [0.25, 0.3) is 5.91 Å². The van der Waals surface area contributed by atoms with Gasteiger partial charge in [0.15, 0.2) is 6.04 Å². The molecule has 1 aromatic heterocycles. The molecule has 0 bridgehead atoms. The number of likely N-dealkylation sites (N-methyl/N-ethyl adjacent to an activating group) is 1. The van der Waals surface area contributed by atoms with E-state index in [9.17, 15) is 4.79 Å². The normalized spacial score (nSPS) is 13.2. The summed E-state index contributed by atoms with van der Waals surface area (Å²) in [5, 5.41) is 5.29. The maximum Gasteiger partial charge on any atom is 0.287 e. The topological polar surface area (TPSA) is 33.5 Å². The van der Waals surface area contributed by atoms with Crippen molar-refractivity contribution < 1.29 is 9.69 Å². The molecule has 0 spiro atoms. The van der Waals surface area contributed by atoms with E-state index in [4.69, 9.17) is 0 Å². The first-order chi connectivity index (χ1) is 13.0. The zero-order chi connectivity index (χ0) is 19.4. The van der Waals surface area contributed by atoms with Crippen molar-refractivity contribution in [1.82, 2.24) is 0 Å². The fourth-order valence-corrected chi connectivity index (χ4v) is 4.32. The van der Waals surface area contributed by atoms with Crippen molar-refractivity contribution in [2.24, 2.45) is 0 Å². The Bertz CT molecular complexity index is 917. The van der Waals surface area contributed by atoms with Crippen LogP contribution in [0.2, 0.25) is 0 Å². The first-order valence-corrected chi connectivity index (χ1v) is 10.1. The van der Waals surface area contributed by atoms with Crippen molar-refractivity contribution in [3.63, 3.8) is 0 Å². The van der Waals surface area contributed by atoms with Gasteiger partial charge in [-0.3, -0.25) is 4.79 Å². The Balaban J connectivity index is 1.88. The molecule has 0 aliphatic rings. The molecule has 0 saturated carbocycles. The lowest BCUT2D eigenvalue weighted by Crippen LogP contribution is -3.09. The molecule has 2 aromatic carbocycles. The molecular weight excluding hydrogens is 352 g/mol. The number of nitrogens with one attached hydrogen (secondary N) is 2. The van der Waals surface area contributed by atoms with Gasteiger partial charge in [-0.15, -0.1) is 11.3 Å². The lowest BCUT2D eigenvalue weighted by molar-refractivity contribution is -0.915. The van der Waals surface area contributed by atoms with E-state index in [0.29, 0.717) is 0 Å². The van der Waals surface area contributed by atoms with Crippen molar-refractivity contribution >= 4 is 22.9 Å². The molecule has 2 N–H and O–H groups in total. The molecular formula is C23H27N2OS+. The monoisotopic (exact) mass is 379 g/mol. The summed E-state index contributed by atoms with van der Waals surface area (Å²) in [6, 6.07) is 18.1. The van der Waals surface area contributed by atoms with Gasteiger partial charge in [0, 0.05) is 11.3 Å². The van der Waals surface area contributed by atoms with E-state index < -0.39 is 0 Å². The zero-order valence-electron chi connectivity index (χ0n) is 16.4. The van der Waals surface area contributed by atoms with Crippen LogP contribution in [0.3, 0.4) is 0 Å². The summed E-state index contributed by atoms with van der Waals surface area (Å²) in [6.07, 6.45) is 0. The predicted octanol–water partition coefficient (Wildman–Crippen LogP) is 4.07. The van der Waals surface area contributed by atoms with Crippen LogP contribution >= 0.6 is 11.3 Å². The highest BCUT2D eigenvalue weighted by molar-refractivity contribution is 7.10. The number of anilines is 1. The van der Waals surface area contributed by atoms with Crippen molar-refractivity contribution in [3.8, 4) is 0 Å². The molecule has 2 atom stereocenters. The Labute approximate surface area is 165 Å². The van der Waals surface area contributed by atoms with Crippen molar-refractivity contribution in [1.29, 1.82) is 0 Å². The van der Waals surface area contributed by atoms with Gasteiger partial charge in [-0.25, -0.2) is 0 Å². The maximum atomic E-state index is 13.3. The summed E-state index contributed by atoms with van der Waals surface area (Å²) >= 11 is 1.76. The van der Waals surface area contributed by atoms with Crippen LogP contribution in [0, 0.1) is 20.8 Å². The van der Waals surface area contributed by atoms with E-state index in [0.717, 1.165) is 33.8 Å². The number of amides is 1. The predicted molar refractivity (Wildman–Crippen MR) is 113 cm³/mol. The molecule has 0 aliphatic carbocycles. The highest BCUT2D eigenvalue weighted by Gasteiger charge is 2.30. The quantitative estimate of drug-likeness (QED) is 0.665. The van der Waals surface area contributed by atoms with Gasteiger partial charge >= 0.3 is 0 Å². The molecule has 1 amide bonds. The van der Waals surface area contributed by atoms with E-state index in [1.165, 1.54) is 10.4 Å². The fourth-order valence-electron chi connectivity index (χ4n) is 3.32. The second-order valence-electron chi connectivity index (χ2n) is 7.20. The molecule has 4 heteroatoms. The van der Waals surface area contributed by atoms with Crippen molar-refractivity contribution in [2.75, 3.05) is 12.4 Å². The minimum Gasteiger partial charge on any atom is -0.320 e. The molecule has 140 valence electrons. The first-order valence-electron chi connectivity index (χ1n) is 9.24. The van der Waals surface area contributed by atoms with Crippen LogP contribution in [0.25, 0.3) is 0 Å². The largest absolute Gasteiger partial charge is 0.320 e. The summed E-state index contributed by atoms with van der Waals surface area (Å²) in [4.78, 5) is 15.8. The van der Waals surface area contributed by atoms with Crippen molar-refractivity contribution in [3.05, 3.63) is 87.1 Å². The Morgan fingerprint density at radius 3 is 2.44 bits per heavy atom. The summed E-state index contributed by atoms with van der Waals surface area (Å²) in [6.45, 7) is 7.02. The number of carbonyl (C=O) groups excluding carboxylic acids is 1. The number of aryl methyl sites for hydroxylation is 3. The lowest BCUT2D eigenvalue weighted by atomic mass is 10.0. The van der Waals surface area contributed by atoms with Crippen LogP contribution < -0.4 is 10.2 Å². The molecule has 3 nitrogen and oxygen atoms in total. The van der Waals surface area contributed by atoms with Crippen molar-refractivity contribution in [2.45, 2.75) is 33.4 Å². The summed E-state index contributed by atoms with van der Waals surface area (Å²) in [7, 11) is 2.10. The molecule has 0 aliphatic heterocycles. The number of benzene rings is 2. The van der Waals surface area contributed by atoms with E-state index in [2.05, 4.69) is 36.8 Å². The number of hydrogen-bond acceptors (Lipinski definition) is 2. The van der Waals surface area contributed by atoms with Gasteiger partial charge in [0.2, 0.25) is 0 Å². The Morgan fingerprint density at radius 2 is 1.78 bits per heavy atom. The van der Waals surface area contributed by atoms with E-state index in [-0.39, 0.29) is 11.9 Å². The smallest absolute Gasteiger partial charge is 0.287 e. The van der Waals surface area contributed by atoms with Crippen LogP contribution in [-0.4, -0.2) is 13.0 Å². The van der Waals surface area contributed by atoms with Crippen LogP contribution in [-0.2, 0) is 11.3 Å². The maximum absolute atomic E-state index is 13.3. The van der Waals surface area contributed by atoms with E-state index >= 15 is 0 Å². The molecule has 3 aromatic rings. The number of thiophene rings is 1. The van der Waals surface area contributed by atoms with Gasteiger partial charge in [-0.1, -0.05) is 42.5 Å². The van der Waals surface area contributed by atoms with Crippen LogP contribution in [0.4, 0.5) is 5.69 Å². The molecule has 1 unspecified atom stereocenters. The molecule has 1 heterocycles. The standard InChI is InChI=1S/C23H26N2OS/c1-16-10-11-17(2)20(14-16)24-23(26)22(19-8-6-5-7-9-19)25(4)15-21-18(3)12-13-27-21/h5-14,22H,15H2,1-4H3,(H,24,26)/p+1/t22-/m0/s1. The molecule has 0 radical (unpaired) electrons. The SMILES string of the molecule is Cc1ccc(C)c(NC(=O)[C@H](c2ccccc2)[NH+](C)Cc2sccc2C)c1. The summed E-state index contributed by atoms with van der Waals surface area (Å²) in [5.74, 6) is 0.0293. The number of rotatable bonds is 6. The Morgan fingerprint density at radius 1 is 1.04 bits per heavy atom. The highest BCUT2D eigenvalue weighted by atomic mass is 32.1. The van der Waals surface area contributed by atoms with E-state index in [1.54, 1.807) is 11.3 Å². The fraction of sp³-hybridized carbons (Fsp3) is 0.261. The Hall–Kier alpha value is -2.43. The molecule has 0 saturated heterocycles. The van der Waals surface area contributed by atoms with Gasteiger partial charge < -0.3 is 10.2 Å². The third-order valence-electron chi connectivity index (χ3n) is 4.95. The Kier molecular flexibility index (Phi) is 6.09. The third kappa shape index (κ3) is 4.65. The average molecular weight is 380 g/mol. The van der Waals surface area contributed by atoms with Crippen LogP contribution in [0.1, 0.15) is 33.2 Å². The van der Waals surface area contributed by atoms with E-state index in [1.807, 2.05) is 56.3 Å². The second-order valence-corrected chi connectivity index (χ2v) is 8.20. The van der Waals surface area contributed by atoms with Crippen LogP contribution in [0.15, 0.2) is 60.0 Å². The molecule has 3 rings (SSSR count). The summed E-state index contributed by atoms with van der Waals surface area (Å²) < 4.78 is 0. The number of carbonyl (C=O) groups is 1. The highest BCUT2D eigenvalue weighted by Crippen LogP contribution is 2.20. The third-order valence-corrected chi connectivity index (χ3v) is 5.97. The number of hydrogen-bond donors (Lipinski definition) is 2.